The summed E-state index contributed by atoms with van der Waals surface area (Å²) in [6.45, 7) is 3.69. The molecular formula is C42H36Cl2N8O5S2. The van der Waals surface area contributed by atoms with E-state index >= 15 is 0 Å². The number of carboxylic acid groups (broad SMARTS) is 1. The zero-order chi connectivity index (χ0) is 42.4. The van der Waals surface area contributed by atoms with E-state index in [1.807, 2.05) is 105 Å². The molecule has 0 saturated carbocycles. The van der Waals surface area contributed by atoms with Gasteiger partial charge in [-0.2, -0.15) is 0 Å². The number of carbonyl (C=O) groups is 2. The van der Waals surface area contributed by atoms with E-state index in [0.717, 1.165) is 39.4 Å². The number of nitrogen functional groups attached to an aromatic ring is 2. The number of halogens is 2. The second-order valence-corrected chi connectivity index (χ2v) is 15.9. The zero-order valence-electron chi connectivity index (χ0n) is 31.4. The predicted molar refractivity (Wildman–Crippen MR) is 238 cm³/mol. The van der Waals surface area contributed by atoms with Crippen LogP contribution in [0.1, 0.15) is 56.7 Å². The minimum Gasteiger partial charge on any atom is -0.477 e. The van der Waals surface area contributed by atoms with E-state index in [2.05, 4.69) is 15.3 Å². The third kappa shape index (κ3) is 9.52. The van der Waals surface area contributed by atoms with Gasteiger partial charge in [-0.1, -0.05) is 107 Å². The molecule has 17 heteroatoms. The molecule has 0 saturated heterocycles. The Bertz CT molecular complexity index is 2920. The van der Waals surface area contributed by atoms with Gasteiger partial charge in [0.15, 0.2) is 10.3 Å². The molecule has 8 N–H and O–H groups in total. The van der Waals surface area contributed by atoms with Gasteiger partial charge in [-0.05, 0) is 73.2 Å². The van der Waals surface area contributed by atoms with Gasteiger partial charge >= 0.3 is 5.97 Å². The summed E-state index contributed by atoms with van der Waals surface area (Å²) < 4.78 is 3.22. The maximum atomic E-state index is 13.4. The number of carboxylic acids is 1. The molecule has 13 nitrogen and oxygen atoms in total. The van der Waals surface area contributed by atoms with Crippen molar-refractivity contribution in [1.29, 1.82) is 0 Å². The van der Waals surface area contributed by atoms with Crippen LogP contribution in [0, 0.1) is 0 Å². The van der Waals surface area contributed by atoms with Crippen molar-refractivity contribution in [2.45, 2.75) is 25.9 Å². The SMILES string of the molecule is C[C@H](N)c1cc2cccc(Cl)c2c(=O)n1-c1ccccc1.C[C@H](NC(=O)c1cnc(N)s1)c1cc2cccc(Cl)c2c(=O)n1-c1ccccc1.Nc1ncc(C(=O)O)s1. The highest BCUT2D eigenvalue weighted by molar-refractivity contribution is 7.17. The molecule has 2 atom stereocenters. The van der Waals surface area contributed by atoms with E-state index in [1.54, 1.807) is 27.3 Å². The number of hydrogen-bond donors (Lipinski definition) is 5. The van der Waals surface area contributed by atoms with Gasteiger partial charge in [0.1, 0.15) is 9.75 Å². The molecule has 0 spiro atoms. The first-order chi connectivity index (χ1) is 28.2. The van der Waals surface area contributed by atoms with Crippen LogP contribution in [0.3, 0.4) is 0 Å². The molecule has 4 aromatic carbocycles. The van der Waals surface area contributed by atoms with Gasteiger partial charge in [-0.3, -0.25) is 23.5 Å². The number of anilines is 2. The number of rotatable bonds is 7. The molecule has 4 heterocycles. The summed E-state index contributed by atoms with van der Waals surface area (Å²) in [5.74, 6) is -1.28. The Kier molecular flexibility index (Phi) is 13.2. The number of pyridine rings is 2. The van der Waals surface area contributed by atoms with Crippen LogP contribution in [0.5, 0.6) is 0 Å². The molecule has 0 fully saturated rings. The number of benzene rings is 4. The van der Waals surface area contributed by atoms with E-state index < -0.39 is 12.0 Å². The molecule has 0 unspecified atom stereocenters. The highest BCUT2D eigenvalue weighted by Gasteiger charge is 2.21. The van der Waals surface area contributed by atoms with Crippen LogP contribution in [-0.4, -0.2) is 36.1 Å². The van der Waals surface area contributed by atoms with Crippen LogP contribution < -0.4 is 33.6 Å². The average Bonchev–Trinajstić information content (AvgIpc) is 3.87. The topological polar surface area (TPSA) is 214 Å². The summed E-state index contributed by atoms with van der Waals surface area (Å²) in [6.07, 6.45) is 2.68. The number of nitrogens with two attached hydrogens (primary N) is 3. The quantitative estimate of drug-likeness (QED) is 0.103. The number of thiazole rings is 2. The van der Waals surface area contributed by atoms with Crippen LogP contribution in [0.15, 0.2) is 131 Å². The van der Waals surface area contributed by atoms with Crippen molar-refractivity contribution in [2.75, 3.05) is 11.5 Å². The first-order valence-electron chi connectivity index (χ1n) is 17.8. The molecule has 0 aliphatic rings. The van der Waals surface area contributed by atoms with Gasteiger partial charge in [0, 0.05) is 28.8 Å². The van der Waals surface area contributed by atoms with Crippen molar-refractivity contribution in [3.63, 3.8) is 0 Å². The lowest BCUT2D eigenvalue weighted by atomic mass is 10.1. The number of amides is 1. The summed E-state index contributed by atoms with van der Waals surface area (Å²) in [4.78, 5) is 57.0. The van der Waals surface area contributed by atoms with Gasteiger partial charge in [-0.15, -0.1) is 0 Å². The molecule has 8 aromatic rings. The standard InChI is InChI=1S/C21H17ClN4O2S.C17H15ClN2O.C4H4N2O2S/c1-12(25-19(27)17-11-24-21(23)29-17)16-10-13-6-5-9-15(22)18(13)20(28)26(16)14-7-3-2-4-8-14;1-11(19)15-10-12-6-5-9-14(18)16(12)17(21)20(15)13-7-3-2-4-8-13;5-4-6-1-2(9-4)3(7)8/h2-12H,1H3,(H2,23,24)(H,25,27);2-11H,19H2,1H3;1H,(H2,5,6)(H,7,8)/t12-;11-;/m00./s1. The van der Waals surface area contributed by atoms with Gasteiger partial charge in [-0.25, -0.2) is 14.8 Å². The first-order valence-corrected chi connectivity index (χ1v) is 20.2. The fourth-order valence-corrected chi connectivity index (χ4v) is 7.78. The fourth-order valence-electron chi connectivity index (χ4n) is 6.14. The van der Waals surface area contributed by atoms with Crippen LogP contribution in [0.2, 0.25) is 10.0 Å². The highest BCUT2D eigenvalue weighted by Crippen LogP contribution is 2.27. The minimum atomic E-state index is -0.982. The van der Waals surface area contributed by atoms with Crippen molar-refractivity contribution >= 4 is 89.6 Å². The number of aromatic carboxylic acids is 1. The lowest BCUT2D eigenvalue weighted by Crippen LogP contribution is -2.31. The van der Waals surface area contributed by atoms with Gasteiger partial charge in [0.25, 0.3) is 17.0 Å². The van der Waals surface area contributed by atoms with Crippen molar-refractivity contribution in [3.05, 3.63) is 173 Å². The Morgan fingerprint density at radius 3 is 1.53 bits per heavy atom. The maximum Gasteiger partial charge on any atom is 0.347 e. The molecule has 0 aliphatic heterocycles. The fraction of sp³-hybridized carbons (Fsp3) is 0.0952. The molecule has 0 bridgehead atoms. The molecule has 4 aromatic heterocycles. The normalized spacial score (nSPS) is 11.8. The summed E-state index contributed by atoms with van der Waals surface area (Å²) in [7, 11) is 0. The van der Waals surface area contributed by atoms with Crippen molar-refractivity contribution < 1.29 is 14.7 Å². The summed E-state index contributed by atoms with van der Waals surface area (Å²) in [5.41, 5.74) is 19.3. The smallest absolute Gasteiger partial charge is 0.347 e. The number of aromatic nitrogens is 4. The maximum absolute atomic E-state index is 13.4. The largest absolute Gasteiger partial charge is 0.477 e. The summed E-state index contributed by atoms with van der Waals surface area (Å²) >= 11 is 14.6. The second-order valence-electron chi connectivity index (χ2n) is 12.9. The molecule has 300 valence electrons. The van der Waals surface area contributed by atoms with E-state index in [-0.39, 0.29) is 33.1 Å². The van der Waals surface area contributed by atoms with Gasteiger partial charge < -0.3 is 27.6 Å². The minimum absolute atomic E-state index is 0.142. The van der Waals surface area contributed by atoms with Crippen molar-refractivity contribution in [2.24, 2.45) is 5.73 Å². The van der Waals surface area contributed by atoms with Crippen LogP contribution in [0.4, 0.5) is 10.3 Å². The Morgan fingerprint density at radius 1 is 0.678 bits per heavy atom. The monoisotopic (exact) mass is 866 g/mol. The molecule has 59 heavy (non-hydrogen) atoms. The van der Waals surface area contributed by atoms with Crippen LogP contribution in [-0.2, 0) is 0 Å². The molecular weight excluding hydrogens is 832 g/mol. The third-order valence-electron chi connectivity index (χ3n) is 8.82. The lowest BCUT2D eigenvalue weighted by molar-refractivity contribution is 0.0701. The summed E-state index contributed by atoms with van der Waals surface area (Å²) in [5, 5.41) is 15.2. The van der Waals surface area contributed by atoms with Crippen LogP contribution in [0.25, 0.3) is 32.9 Å². The lowest BCUT2D eigenvalue weighted by Gasteiger charge is -2.21. The predicted octanol–water partition coefficient (Wildman–Crippen LogP) is 8.26. The van der Waals surface area contributed by atoms with Crippen molar-refractivity contribution in [1.82, 2.24) is 24.4 Å². The Labute approximate surface area is 354 Å². The molecule has 8 rings (SSSR count). The number of hydrogen-bond acceptors (Lipinski definition) is 11. The molecule has 1 amide bonds. The summed E-state index contributed by atoms with van der Waals surface area (Å²) in [6, 6.07) is 32.6. The second kappa shape index (κ2) is 18.5. The average molecular weight is 868 g/mol. The molecule has 0 radical (unpaired) electrons. The van der Waals surface area contributed by atoms with Gasteiger partial charge in [0.2, 0.25) is 0 Å². The van der Waals surface area contributed by atoms with E-state index in [0.29, 0.717) is 47.6 Å². The number of fused-ring (bicyclic) bond motifs is 2. The van der Waals surface area contributed by atoms with E-state index in [9.17, 15) is 19.2 Å². The Morgan fingerprint density at radius 2 is 1.12 bits per heavy atom. The number of nitrogens with zero attached hydrogens (tertiary/aromatic N) is 4. The highest BCUT2D eigenvalue weighted by atomic mass is 35.5. The Hall–Kier alpha value is -6.36. The number of nitrogens with one attached hydrogen (secondary N) is 1. The number of para-hydroxylation sites is 2. The third-order valence-corrected chi connectivity index (χ3v) is 11.1. The Balaban J connectivity index is 0.000000169. The van der Waals surface area contributed by atoms with Crippen LogP contribution >= 0.6 is 45.9 Å². The first kappa shape index (κ1) is 42.3. The van der Waals surface area contributed by atoms with Gasteiger partial charge in [0.05, 0.1) is 39.3 Å². The van der Waals surface area contributed by atoms with E-state index in [1.165, 1.54) is 12.4 Å². The zero-order valence-corrected chi connectivity index (χ0v) is 34.5. The van der Waals surface area contributed by atoms with Crippen molar-refractivity contribution in [3.8, 4) is 11.4 Å². The van der Waals surface area contributed by atoms with E-state index in [4.69, 9.17) is 45.5 Å². The molecule has 0 aliphatic carbocycles. The number of carbonyl (C=O) groups excluding carboxylic acids is 1.